The number of benzene rings is 3. The highest BCUT2D eigenvalue weighted by molar-refractivity contribution is 6.09. The lowest BCUT2D eigenvalue weighted by molar-refractivity contribution is 0.0175. The van der Waals surface area contributed by atoms with E-state index in [1.165, 1.54) is 6.20 Å². The first-order chi connectivity index (χ1) is 20.2. The molecule has 0 atom stereocenters. The number of nitriles is 1. The van der Waals surface area contributed by atoms with Gasteiger partial charge in [0.1, 0.15) is 18.3 Å². The highest BCUT2D eigenvalue weighted by atomic mass is 16.6. The lowest BCUT2D eigenvalue weighted by Gasteiger charge is -2.35. The van der Waals surface area contributed by atoms with E-state index in [2.05, 4.69) is 46.4 Å². The van der Waals surface area contributed by atoms with Crippen LogP contribution >= 0.6 is 0 Å². The summed E-state index contributed by atoms with van der Waals surface area (Å²) in [5.41, 5.74) is 0.569. The van der Waals surface area contributed by atoms with E-state index in [-0.39, 0.29) is 18.8 Å². The van der Waals surface area contributed by atoms with Crippen molar-refractivity contribution in [2.45, 2.75) is 32.9 Å². The number of carbonyl (C=O) groups is 2. The van der Waals surface area contributed by atoms with Crippen LogP contribution < -0.4 is 4.90 Å². The Balaban J connectivity index is 1.26. The van der Waals surface area contributed by atoms with Crippen LogP contribution in [-0.2, 0) is 16.0 Å². The number of aromatic nitrogens is 2. The molecule has 0 radical (unpaired) electrons. The second kappa shape index (κ2) is 12.3. The van der Waals surface area contributed by atoms with Gasteiger partial charge in [0.25, 0.3) is 0 Å². The van der Waals surface area contributed by atoms with Crippen molar-refractivity contribution in [2.75, 3.05) is 44.2 Å². The minimum Gasteiger partial charge on any atom is -0.448 e. The Labute approximate surface area is 245 Å². The van der Waals surface area contributed by atoms with Gasteiger partial charge < -0.3 is 24.2 Å². The van der Waals surface area contributed by atoms with Gasteiger partial charge in [0.2, 0.25) is 0 Å². The van der Waals surface area contributed by atoms with Crippen LogP contribution in [0.15, 0.2) is 67.0 Å². The fourth-order valence-corrected chi connectivity index (χ4v) is 5.11. The summed E-state index contributed by atoms with van der Waals surface area (Å²) in [6, 6.07) is 20.5. The molecule has 1 fully saturated rings. The molecule has 0 spiro atoms. The number of ether oxygens (including phenoxy) is 2. The molecule has 1 saturated heterocycles. The molecule has 2 heterocycles. The Morgan fingerprint density at radius 1 is 0.952 bits per heavy atom. The van der Waals surface area contributed by atoms with Crippen LogP contribution in [0.4, 0.5) is 15.4 Å². The van der Waals surface area contributed by atoms with Gasteiger partial charge in [-0.05, 0) is 53.9 Å². The summed E-state index contributed by atoms with van der Waals surface area (Å²) in [7, 11) is 0. The SMILES string of the molecule is CC(C)(C)OC(=O)N(CCOC(=O)N1CCN(c2nccnc2C#N)CC1)Cc1cc2ccccc2c2ccccc12. The maximum atomic E-state index is 13.3. The maximum absolute atomic E-state index is 13.3. The number of hydrogen-bond acceptors (Lipinski definition) is 8. The summed E-state index contributed by atoms with van der Waals surface area (Å²) < 4.78 is 11.3. The molecule has 10 nitrogen and oxygen atoms in total. The quantitative estimate of drug-likeness (QED) is 0.287. The Hall–Kier alpha value is -4.91. The first-order valence-corrected chi connectivity index (χ1v) is 14.0. The Morgan fingerprint density at radius 3 is 2.33 bits per heavy atom. The predicted molar refractivity (Wildman–Crippen MR) is 160 cm³/mol. The number of amides is 2. The van der Waals surface area contributed by atoms with Crippen LogP contribution in [0.1, 0.15) is 32.0 Å². The van der Waals surface area contributed by atoms with Crippen LogP contribution in [0.5, 0.6) is 0 Å². The normalized spacial score (nSPS) is 13.6. The molecule has 216 valence electrons. The average Bonchev–Trinajstić information content (AvgIpc) is 2.99. The summed E-state index contributed by atoms with van der Waals surface area (Å²) in [5, 5.41) is 13.7. The third-order valence-corrected chi connectivity index (χ3v) is 7.08. The molecule has 1 aromatic heterocycles. The standard InChI is InChI=1S/C32H34N6O4/c1-32(2,3)42-31(40)38(22-24-20-23-8-4-5-9-25(23)27-11-7-6-10-26(24)27)18-19-41-30(39)37-16-14-36(15-17-37)29-28(21-33)34-12-13-35-29/h4-13,20H,14-19,22H2,1-3H3. The monoisotopic (exact) mass is 566 g/mol. The van der Waals surface area contributed by atoms with Crippen molar-refractivity contribution in [3.8, 4) is 6.07 Å². The number of nitrogens with zero attached hydrogens (tertiary/aromatic N) is 6. The van der Waals surface area contributed by atoms with Crippen molar-refractivity contribution in [3.05, 3.63) is 78.2 Å². The molecule has 4 aromatic rings. The second-order valence-corrected chi connectivity index (χ2v) is 11.1. The summed E-state index contributed by atoms with van der Waals surface area (Å²) in [4.78, 5) is 39.7. The van der Waals surface area contributed by atoms with Crippen molar-refractivity contribution in [1.82, 2.24) is 19.8 Å². The zero-order valence-corrected chi connectivity index (χ0v) is 24.1. The molecule has 5 rings (SSSR count). The van der Waals surface area contributed by atoms with Gasteiger partial charge in [-0.1, -0.05) is 48.5 Å². The first kappa shape index (κ1) is 28.6. The fraction of sp³-hybridized carbons (Fsp3) is 0.344. The van der Waals surface area contributed by atoms with Crippen LogP contribution in [-0.4, -0.2) is 76.9 Å². The minimum atomic E-state index is -0.675. The lowest BCUT2D eigenvalue weighted by atomic mass is 9.97. The minimum absolute atomic E-state index is 0.0204. The van der Waals surface area contributed by atoms with Gasteiger partial charge in [0.15, 0.2) is 11.5 Å². The highest BCUT2D eigenvalue weighted by Gasteiger charge is 2.26. The number of hydrogen-bond donors (Lipinski definition) is 0. The first-order valence-electron chi connectivity index (χ1n) is 14.0. The molecule has 0 N–H and O–H groups in total. The third-order valence-electron chi connectivity index (χ3n) is 7.08. The topological polar surface area (TPSA) is 112 Å². The van der Waals surface area contributed by atoms with Gasteiger partial charge in [0, 0.05) is 45.1 Å². The summed E-state index contributed by atoms with van der Waals surface area (Å²) in [6.45, 7) is 7.81. The van der Waals surface area contributed by atoms with Gasteiger partial charge in [-0.25, -0.2) is 19.6 Å². The maximum Gasteiger partial charge on any atom is 0.410 e. The summed E-state index contributed by atoms with van der Waals surface area (Å²) >= 11 is 0. The van der Waals surface area contributed by atoms with Gasteiger partial charge >= 0.3 is 12.2 Å². The van der Waals surface area contributed by atoms with E-state index in [9.17, 15) is 14.9 Å². The number of fused-ring (bicyclic) bond motifs is 3. The predicted octanol–water partition coefficient (Wildman–Crippen LogP) is 5.35. The molecule has 0 saturated carbocycles. The smallest absolute Gasteiger partial charge is 0.410 e. The lowest BCUT2D eigenvalue weighted by Crippen LogP contribution is -2.49. The van der Waals surface area contributed by atoms with Gasteiger partial charge in [-0.2, -0.15) is 5.26 Å². The van der Waals surface area contributed by atoms with Crippen molar-refractivity contribution in [3.63, 3.8) is 0 Å². The number of carbonyl (C=O) groups excluding carboxylic acids is 2. The molecule has 42 heavy (non-hydrogen) atoms. The molecular weight excluding hydrogens is 532 g/mol. The molecule has 2 amide bonds. The number of anilines is 1. The van der Waals surface area contributed by atoms with Crippen molar-refractivity contribution < 1.29 is 19.1 Å². The fourth-order valence-electron chi connectivity index (χ4n) is 5.11. The van der Waals surface area contributed by atoms with Crippen molar-refractivity contribution in [1.29, 1.82) is 5.26 Å². The highest BCUT2D eigenvalue weighted by Crippen LogP contribution is 2.30. The molecule has 0 aliphatic carbocycles. The van der Waals surface area contributed by atoms with Crippen molar-refractivity contribution >= 4 is 39.5 Å². The number of rotatable bonds is 6. The summed E-state index contributed by atoms with van der Waals surface area (Å²) in [5.74, 6) is 0.516. The molecule has 1 aliphatic heterocycles. The molecule has 1 aliphatic rings. The second-order valence-electron chi connectivity index (χ2n) is 11.1. The van der Waals surface area contributed by atoms with E-state index in [0.29, 0.717) is 38.5 Å². The van der Waals surface area contributed by atoms with E-state index in [1.54, 1.807) is 16.0 Å². The van der Waals surface area contributed by atoms with Gasteiger partial charge in [0.05, 0.1) is 6.54 Å². The molecular formula is C32H34N6O4. The van der Waals surface area contributed by atoms with Gasteiger partial charge in [-0.15, -0.1) is 0 Å². The van der Waals surface area contributed by atoms with Crippen LogP contribution in [0, 0.1) is 11.3 Å². The summed E-state index contributed by atoms with van der Waals surface area (Å²) in [6.07, 6.45) is 2.11. The molecule has 0 bridgehead atoms. The zero-order chi connectivity index (χ0) is 29.7. The Kier molecular flexibility index (Phi) is 8.38. The largest absolute Gasteiger partial charge is 0.448 e. The average molecular weight is 567 g/mol. The zero-order valence-electron chi connectivity index (χ0n) is 24.1. The van der Waals surface area contributed by atoms with E-state index >= 15 is 0 Å². The van der Waals surface area contributed by atoms with Crippen LogP contribution in [0.25, 0.3) is 21.5 Å². The van der Waals surface area contributed by atoms with E-state index < -0.39 is 17.8 Å². The molecule has 10 heteroatoms. The van der Waals surface area contributed by atoms with Crippen LogP contribution in [0.2, 0.25) is 0 Å². The van der Waals surface area contributed by atoms with E-state index in [4.69, 9.17) is 9.47 Å². The molecule has 3 aromatic carbocycles. The molecule has 0 unspecified atom stereocenters. The van der Waals surface area contributed by atoms with Gasteiger partial charge in [-0.3, -0.25) is 0 Å². The number of piperazine rings is 1. The van der Waals surface area contributed by atoms with E-state index in [1.807, 2.05) is 49.9 Å². The Morgan fingerprint density at radius 2 is 1.62 bits per heavy atom. The van der Waals surface area contributed by atoms with E-state index in [0.717, 1.165) is 27.1 Å². The third kappa shape index (κ3) is 6.52. The van der Waals surface area contributed by atoms with Crippen molar-refractivity contribution in [2.24, 2.45) is 0 Å². The van der Waals surface area contributed by atoms with Crippen LogP contribution in [0.3, 0.4) is 0 Å². The Bertz CT molecular complexity index is 1640.